The van der Waals surface area contributed by atoms with E-state index in [4.69, 9.17) is 10.5 Å². The number of methoxy groups -OCH3 is 1. The number of hydrogen-bond donors (Lipinski definition) is 2. The van der Waals surface area contributed by atoms with Crippen molar-refractivity contribution in [2.45, 2.75) is 6.54 Å². The van der Waals surface area contributed by atoms with E-state index in [2.05, 4.69) is 9.97 Å². The van der Waals surface area contributed by atoms with Crippen LogP contribution in [0.25, 0.3) is 11.2 Å². The summed E-state index contributed by atoms with van der Waals surface area (Å²) in [5, 5.41) is 11.8. The molecular weight excluding hydrogens is 274 g/mol. The predicted octanol–water partition coefficient (Wildman–Crippen LogP) is -0.00290. The predicted molar refractivity (Wildman–Crippen MR) is 75.8 cm³/mol. The van der Waals surface area contributed by atoms with E-state index in [1.165, 1.54) is 6.33 Å². The number of nitrogen functional groups attached to an aromatic ring is 1. The second-order valence-corrected chi connectivity index (χ2v) is 4.54. The number of rotatable bonds is 3. The Balaban J connectivity index is 2.06. The Kier molecular flexibility index (Phi) is 2.98. The zero-order valence-electron chi connectivity index (χ0n) is 11.2. The van der Waals surface area contributed by atoms with Gasteiger partial charge >= 0.3 is 5.56 Å². The lowest BCUT2D eigenvalue weighted by Gasteiger charge is -2.01. The lowest BCUT2D eigenvalue weighted by molar-refractivity contribution is -0.578. The minimum atomic E-state index is -0.555. The number of nitrogens with one attached hydrogen (secondary N) is 1. The van der Waals surface area contributed by atoms with Crippen LogP contribution in [0, 0.1) is 5.21 Å². The molecule has 0 aliphatic heterocycles. The molecule has 0 fully saturated rings. The summed E-state index contributed by atoms with van der Waals surface area (Å²) in [7, 11) is 1.59. The number of benzene rings is 1. The third-order valence-electron chi connectivity index (χ3n) is 3.14. The number of aromatic nitrogens is 4. The molecule has 0 aliphatic rings. The fraction of sp³-hybridized carbons (Fsp3) is 0.154. The van der Waals surface area contributed by atoms with Gasteiger partial charge in [-0.25, -0.2) is 9.30 Å². The second kappa shape index (κ2) is 4.82. The zero-order valence-corrected chi connectivity index (χ0v) is 11.2. The van der Waals surface area contributed by atoms with Gasteiger partial charge in [-0.15, -0.1) is 0 Å². The SMILES string of the molecule is COc1ccc(Cn2c[n+]([O-])c3c(=O)[nH]c(N)nc32)cc1. The van der Waals surface area contributed by atoms with E-state index in [1.54, 1.807) is 11.7 Å². The standard InChI is InChI=1S/C13H13N5O3/c1-21-9-4-2-8(3-5-9)6-17-7-18(20)10-11(17)15-13(14)16-12(10)19/h2-5,7H,6H2,1H3,(H3,14,15,16,19). The monoisotopic (exact) mass is 287 g/mol. The number of imidazole rings is 1. The number of aromatic amines is 1. The molecule has 0 unspecified atom stereocenters. The molecule has 0 amide bonds. The molecule has 3 N–H and O–H groups in total. The smallest absolute Gasteiger partial charge is 0.304 e. The first-order chi connectivity index (χ1) is 10.1. The fourth-order valence-corrected chi connectivity index (χ4v) is 2.15. The van der Waals surface area contributed by atoms with Crippen LogP contribution in [0.3, 0.4) is 0 Å². The molecule has 2 aromatic heterocycles. The Bertz CT molecular complexity index is 851. The first-order valence-electron chi connectivity index (χ1n) is 6.19. The zero-order chi connectivity index (χ0) is 15.0. The number of hydrogen-bond acceptors (Lipinski definition) is 5. The molecule has 0 radical (unpaired) electrons. The lowest BCUT2D eigenvalue weighted by Crippen LogP contribution is -2.29. The van der Waals surface area contributed by atoms with Crippen LogP contribution in [0.4, 0.5) is 5.95 Å². The van der Waals surface area contributed by atoms with Gasteiger partial charge in [-0.2, -0.15) is 4.98 Å². The van der Waals surface area contributed by atoms with Crippen molar-refractivity contribution >= 4 is 17.1 Å². The molecule has 8 nitrogen and oxygen atoms in total. The van der Waals surface area contributed by atoms with Gasteiger partial charge in [0.2, 0.25) is 12.3 Å². The molecule has 3 aromatic rings. The summed E-state index contributed by atoms with van der Waals surface area (Å²) in [6, 6.07) is 7.38. The number of nitrogens with two attached hydrogens (primary N) is 1. The maximum absolute atomic E-state index is 11.8. The fourth-order valence-electron chi connectivity index (χ4n) is 2.15. The maximum Gasteiger partial charge on any atom is 0.304 e. The average Bonchev–Trinajstić information content (AvgIpc) is 2.76. The average molecular weight is 287 g/mol. The van der Waals surface area contributed by atoms with Crippen molar-refractivity contribution in [1.29, 1.82) is 0 Å². The van der Waals surface area contributed by atoms with E-state index in [0.717, 1.165) is 11.3 Å². The summed E-state index contributed by atoms with van der Waals surface area (Å²) in [5.41, 5.74) is 6.10. The van der Waals surface area contributed by atoms with Crippen LogP contribution in [0.5, 0.6) is 5.75 Å². The molecule has 3 rings (SSSR count). The van der Waals surface area contributed by atoms with Gasteiger partial charge in [-0.1, -0.05) is 12.1 Å². The Labute approximate surface area is 119 Å². The summed E-state index contributed by atoms with van der Waals surface area (Å²) in [4.78, 5) is 18.1. The van der Waals surface area contributed by atoms with E-state index in [9.17, 15) is 10.0 Å². The highest BCUT2D eigenvalue weighted by Crippen LogP contribution is 2.14. The third-order valence-corrected chi connectivity index (χ3v) is 3.14. The Hall–Kier alpha value is -3.03. The van der Waals surface area contributed by atoms with E-state index in [0.29, 0.717) is 11.3 Å². The molecule has 0 bridgehead atoms. The molecule has 108 valence electrons. The largest absolute Gasteiger partial charge is 0.710 e. The molecule has 0 saturated carbocycles. The summed E-state index contributed by atoms with van der Waals surface area (Å²) in [6.07, 6.45) is 1.27. The van der Waals surface area contributed by atoms with Crippen molar-refractivity contribution in [3.63, 3.8) is 0 Å². The van der Waals surface area contributed by atoms with Gasteiger partial charge in [0.1, 0.15) is 12.3 Å². The van der Waals surface area contributed by atoms with Gasteiger partial charge in [0, 0.05) is 0 Å². The van der Waals surface area contributed by atoms with Crippen LogP contribution >= 0.6 is 0 Å². The summed E-state index contributed by atoms with van der Waals surface area (Å²) >= 11 is 0. The number of anilines is 1. The van der Waals surface area contributed by atoms with Gasteiger partial charge in [0.25, 0.3) is 11.2 Å². The quantitative estimate of drug-likeness (QED) is 0.520. The van der Waals surface area contributed by atoms with Crippen LogP contribution in [-0.4, -0.2) is 21.6 Å². The van der Waals surface area contributed by atoms with Crippen molar-refractivity contribution in [3.8, 4) is 5.75 Å². The van der Waals surface area contributed by atoms with Gasteiger partial charge < -0.3 is 15.7 Å². The Morgan fingerprint density at radius 1 is 1.43 bits per heavy atom. The normalized spacial score (nSPS) is 10.9. The second-order valence-electron chi connectivity index (χ2n) is 4.54. The molecule has 2 heterocycles. The topological polar surface area (TPSA) is 113 Å². The highest BCUT2D eigenvalue weighted by Gasteiger charge is 2.18. The molecule has 0 spiro atoms. The number of nitrogens with zero attached hydrogens (tertiary/aromatic N) is 3. The van der Waals surface area contributed by atoms with Crippen molar-refractivity contribution in [3.05, 3.63) is 51.7 Å². The number of ether oxygens (including phenoxy) is 1. The van der Waals surface area contributed by atoms with Gasteiger partial charge in [0.15, 0.2) is 0 Å². The van der Waals surface area contributed by atoms with Crippen LogP contribution < -0.4 is 20.8 Å². The summed E-state index contributed by atoms with van der Waals surface area (Å²) < 4.78 is 7.16. The molecule has 1 aromatic carbocycles. The van der Waals surface area contributed by atoms with E-state index in [1.807, 2.05) is 24.3 Å². The molecular formula is C13H13N5O3. The molecule has 0 saturated heterocycles. The van der Waals surface area contributed by atoms with E-state index in [-0.39, 0.29) is 17.1 Å². The molecule has 0 atom stereocenters. The number of H-pyrrole nitrogens is 1. The van der Waals surface area contributed by atoms with Gasteiger partial charge in [-0.05, 0) is 17.7 Å². The van der Waals surface area contributed by atoms with E-state index >= 15 is 0 Å². The lowest BCUT2D eigenvalue weighted by atomic mass is 10.2. The van der Waals surface area contributed by atoms with Crippen molar-refractivity contribution in [2.24, 2.45) is 0 Å². The van der Waals surface area contributed by atoms with E-state index < -0.39 is 5.56 Å². The Morgan fingerprint density at radius 3 is 2.81 bits per heavy atom. The van der Waals surface area contributed by atoms with Crippen molar-refractivity contribution in [2.75, 3.05) is 12.8 Å². The maximum atomic E-state index is 11.8. The summed E-state index contributed by atoms with van der Waals surface area (Å²) in [6.45, 7) is 0.394. The molecule has 8 heteroatoms. The minimum absolute atomic E-state index is 0.0258. The highest BCUT2D eigenvalue weighted by molar-refractivity contribution is 5.67. The van der Waals surface area contributed by atoms with Crippen LogP contribution in [0.2, 0.25) is 0 Å². The first-order valence-corrected chi connectivity index (χ1v) is 6.19. The van der Waals surface area contributed by atoms with Crippen LogP contribution in [0.1, 0.15) is 5.56 Å². The van der Waals surface area contributed by atoms with Crippen LogP contribution in [0.15, 0.2) is 35.4 Å². The Morgan fingerprint density at radius 2 is 2.14 bits per heavy atom. The minimum Gasteiger partial charge on any atom is -0.710 e. The summed E-state index contributed by atoms with van der Waals surface area (Å²) in [5.74, 6) is 0.719. The van der Waals surface area contributed by atoms with Gasteiger partial charge in [0.05, 0.1) is 7.11 Å². The van der Waals surface area contributed by atoms with Crippen LogP contribution in [-0.2, 0) is 6.54 Å². The van der Waals surface area contributed by atoms with Gasteiger partial charge in [-0.3, -0.25) is 9.78 Å². The molecule has 21 heavy (non-hydrogen) atoms. The molecule has 0 aliphatic carbocycles. The number of fused-ring (bicyclic) bond motifs is 1. The first kappa shape index (κ1) is 13.0. The van der Waals surface area contributed by atoms with Crippen molar-refractivity contribution in [1.82, 2.24) is 14.5 Å². The van der Waals surface area contributed by atoms with Crippen molar-refractivity contribution < 1.29 is 9.47 Å². The highest BCUT2D eigenvalue weighted by atomic mass is 16.5. The third kappa shape index (κ3) is 2.27.